The molecule has 2 aromatic heterocycles. The number of nitrogens with zero attached hydrogens (tertiary/aromatic N) is 2. The Labute approximate surface area is 82.6 Å². The fraction of sp³-hybridized carbons (Fsp3) is 0.364. The summed E-state index contributed by atoms with van der Waals surface area (Å²) in [6.45, 7) is 2.12. The van der Waals surface area contributed by atoms with Crippen LogP contribution in [0.25, 0.3) is 5.65 Å². The van der Waals surface area contributed by atoms with Crippen molar-refractivity contribution in [2.24, 2.45) is 0 Å². The zero-order valence-corrected chi connectivity index (χ0v) is 8.20. The van der Waals surface area contributed by atoms with E-state index in [1.807, 2.05) is 18.3 Å². The highest BCUT2D eigenvalue weighted by Gasteiger charge is 2.28. The number of nitrogens with two attached hydrogens (primary N) is 1. The lowest BCUT2D eigenvalue weighted by atomic mass is 10.2. The molecule has 1 saturated carbocycles. The van der Waals surface area contributed by atoms with Crippen molar-refractivity contribution in [2.75, 3.05) is 5.73 Å². The van der Waals surface area contributed by atoms with Gasteiger partial charge >= 0.3 is 0 Å². The van der Waals surface area contributed by atoms with Crippen molar-refractivity contribution < 1.29 is 0 Å². The van der Waals surface area contributed by atoms with Gasteiger partial charge in [0.25, 0.3) is 0 Å². The number of nitrogen functional groups attached to an aromatic ring is 1. The van der Waals surface area contributed by atoms with E-state index in [1.165, 1.54) is 24.2 Å². The van der Waals surface area contributed by atoms with Crippen LogP contribution in [-0.2, 0) is 0 Å². The molecule has 0 unspecified atom stereocenters. The number of fused-ring (bicyclic) bond motifs is 1. The third-order valence-corrected chi connectivity index (χ3v) is 2.92. The normalized spacial score (nSPS) is 16.4. The molecule has 1 fully saturated rings. The summed E-state index contributed by atoms with van der Waals surface area (Å²) in [4.78, 5) is 4.61. The molecular weight excluding hydrogens is 174 g/mol. The summed E-state index contributed by atoms with van der Waals surface area (Å²) in [6.07, 6.45) is 4.59. The minimum absolute atomic E-state index is 0.689. The maximum atomic E-state index is 5.88. The number of pyridine rings is 1. The predicted molar refractivity (Wildman–Crippen MR) is 56.3 cm³/mol. The quantitative estimate of drug-likeness (QED) is 0.743. The molecule has 0 aliphatic heterocycles. The molecule has 3 heteroatoms. The highest BCUT2D eigenvalue weighted by molar-refractivity contribution is 5.65. The van der Waals surface area contributed by atoms with Gasteiger partial charge in [-0.2, -0.15) is 0 Å². The third-order valence-electron chi connectivity index (χ3n) is 2.92. The van der Waals surface area contributed by atoms with Gasteiger partial charge in [-0.15, -0.1) is 0 Å². The molecule has 0 spiro atoms. The molecule has 1 aliphatic carbocycles. The van der Waals surface area contributed by atoms with Crippen LogP contribution < -0.4 is 5.73 Å². The first-order chi connectivity index (χ1) is 6.77. The smallest absolute Gasteiger partial charge is 0.160 e. The maximum Gasteiger partial charge on any atom is 0.160 e. The van der Waals surface area contributed by atoms with E-state index in [-0.39, 0.29) is 0 Å². The summed E-state index contributed by atoms with van der Waals surface area (Å²) in [6, 6.07) is 3.87. The van der Waals surface area contributed by atoms with Gasteiger partial charge in [0.1, 0.15) is 0 Å². The minimum atomic E-state index is 0.689. The second-order valence-corrected chi connectivity index (χ2v) is 4.01. The Morgan fingerprint density at radius 1 is 1.50 bits per heavy atom. The van der Waals surface area contributed by atoms with Gasteiger partial charge in [-0.3, -0.25) is 0 Å². The van der Waals surface area contributed by atoms with Gasteiger partial charge in [0.2, 0.25) is 0 Å². The Morgan fingerprint density at radius 3 is 2.93 bits per heavy atom. The van der Waals surface area contributed by atoms with E-state index in [9.17, 15) is 0 Å². The van der Waals surface area contributed by atoms with Gasteiger partial charge in [0.15, 0.2) is 5.65 Å². The van der Waals surface area contributed by atoms with Gasteiger partial charge in [-0.05, 0) is 31.9 Å². The Kier molecular flexibility index (Phi) is 1.40. The fourth-order valence-electron chi connectivity index (χ4n) is 1.97. The topological polar surface area (TPSA) is 43.3 Å². The monoisotopic (exact) mass is 187 g/mol. The molecule has 0 radical (unpaired) electrons. The van der Waals surface area contributed by atoms with Gasteiger partial charge in [-0.1, -0.05) is 0 Å². The minimum Gasteiger partial charge on any atom is -0.396 e. The largest absolute Gasteiger partial charge is 0.396 e. The molecule has 0 bridgehead atoms. The number of anilines is 1. The van der Waals surface area contributed by atoms with Crippen LogP contribution in [0.1, 0.15) is 30.1 Å². The first-order valence-corrected chi connectivity index (χ1v) is 5.00. The van der Waals surface area contributed by atoms with Crippen LogP contribution in [0.2, 0.25) is 0 Å². The van der Waals surface area contributed by atoms with Crippen LogP contribution in [0.3, 0.4) is 0 Å². The van der Waals surface area contributed by atoms with E-state index in [1.54, 1.807) is 0 Å². The summed E-state index contributed by atoms with van der Waals surface area (Å²) < 4.78 is 2.09. The first kappa shape index (κ1) is 7.85. The van der Waals surface area contributed by atoms with Crippen LogP contribution in [0.4, 0.5) is 5.69 Å². The molecule has 2 N–H and O–H groups in total. The lowest BCUT2D eigenvalue weighted by Gasteiger charge is -1.97. The van der Waals surface area contributed by atoms with Crippen LogP contribution in [0, 0.1) is 6.92 Å². The number of aryl methyl sites for hydroxylation is 1. The molecule has 3 rings (SSSR count). The summed E-state index contributed by atoms with van der Waals surface area (Å²) in [5, 5.41) is 0. The van der Waals surface area contributed by atoms with Crippen molar-refractivity contribution in [1.82, 2.24) is 9.38 Å². The van der Waals surface area contributed by atoms with Crippen LogP contribution in [-0.4, -0.2) is 9.38 Å². The van der Waals surface area contributed by atoms with Crippen LogP contribution in [0.5, 0.6) is 0 Å². The Morgan fingerprint density at radius 2 is 2.29 bits per heavy atom. The molecular formula is C11H13N3. The number of rotatable bonds is 1. The van der Waals surface area contributed by atoms with Crippen molar-refractivity contribution in [3.63, 3.8) is 0 Å². The van der Waals surface area contributed by atoms with Gasteiger partial charge < -0.3 is 10.1 Å². The van der Waals surface area contributed by atoms with E-state index in [4.69, 9.17) is 5.73 Å². The highest BCUT2D eigenvalue weighted by atomic mass is 15.0. The molecule has 0 aromatic carbocycles. The fourth-order valence-corrected chi connectivity index (χ4v) is 1.97. The van der Waals surface area contributed by atoms with E-state index in [2.05, 4.69) is 16.3 Å². The molecule has 0 atom stereocenters. The van der Waals surface area contributed by atoms with Gasteiger partial charge in [0.05, 0.1) is 11.4 Å². The molecule has 72 valence electrons. The zero-order valence-electron chi connectivity index (χ0n) is 8.20. The standard InChI is InChI=1S/C11H13N3/c1-7-10(8-4-5-8)13-11-9(12)3-2-6-14(7)11/h2-3,6,8H,4-5,12H2,1H3. The second-order valence-electron chi connectivity index (χ2n) is 4.01. The molecule has 0 saturated heterocycles. The van der Waals surface area contributed by atoms with E-state index >= 15 is 0 Å². The van der Waals surface area contributed by atoms with E-state index in [0.717, 1.165) is 11.3 Å². The maximum absolute atomic E-state index is 5.88. The first-order valence-electron chi connectivity index (χ1n) is 5.00. The van der Waals surface area contributed by atoms with Crippen molar-refractivity contribution in [1.29, 1.82) is 0 Å². The summed E-state index contributed by atoms with van der Waals surface area (Å²) in [5.41, 5.74) is 10.0. The summed E-state index contributed by atoms with van der Waals surface area (Å²) in [7, 11) is 0. The summed E-state index contributed by atoms with van der Waals surface area (Å²) in [5.74, 6) is 0.689. The van der Waals surface area contributed by atoms with E-state index < -0.39 is 0 Å². The van der Waals surface area contributed by atoms with Gasteiger partial charge in [-0.25, -0.2) is 4.98 Å². The van der Waals surface area contributed by atoms with Crippen LogP contribution in [0.15, 0.2) is 18.3 Å². The highest BCUT2D eigenvalue weighted by Crippen LogP contribution is 2.41. The van der Waals surface area contributed by atoms with Crippen molar-refractivity contribution >= 4 is 11.3 Å². The molecule has 0 amide bonds. The van der Waals surface area contributed by atoms with E-state index in [0.29, 0.717) is 5.92 Å². The molecule has 1 aliphatic rings. The summed E-state index contributed by atoms with van der Waals surface area (Å²) >= 11 is 0. The Hall–Kier alpha value is -1.51. The predicted octanol–water partition coefficient (Wildman–Crippen LogP) is 2.10. The molecule has 3 nitrogen and oxygen atoms in total. The van der Waals surface area contributed by atoms with Crippen molar-refractivity contribution in [3.8, 4) is 0 Å². The van der Waals surface area contributed by atoms with Crippen molar-refractivity contribution in [3.05, 3.63) is 29.7 Å². The number of hydrogen-bond acceptors (Lipinski definition) is 2. The van der Waals surface area contributed by atoms with Gasteiger partial charge in [0, 0.05) is 17.8 Å². The Balaban J connectivity index is 2.33. The lowest BCUT2D eigenvalue weighted by Crippen LogP contribution is -1.92. The lowest BCUT2D eigenvalue weighted by molar-refractivity contribution is 1.01. The average molecular weight is 187 g/mol. The number of hydrogen-bond donors (Lipinski definition) is 1. The molecule has 2 heterocycles. The molecule has 14 heavy (non-hydrogen) atoms. The second kappa shape index (κ2) is 2.50. The Bertz CT molecular complexity index is 494. The average Bonchev–Trinajstić information content (AvgIpc) is 2.94. The van der Waals surface area contributed by atoms with Crippen molar-refractivity contribution in [2.45, 2.75) is 25.7 Å². The number of imidazole rings is 1. The number of aromatic nitrogens is 2. The third kappa shape index (κ3) is 0.953. The zero-order chi connectivity index (χ0) is 9.71. The molecule has 2 aromatic rings. The SMILES string of the molecule is Cc1c(C2CC2)nc2c(N)cccn12. The van der Waals surface area contributed by atoms with Crippen LogP contribution >= 0.6 is 0 Å².